The van der Waals surface area contributed by atoms with Gasteiger partial charge >= 0.3 is 5.97 Å². The van der Waals surface area contributed by atoms with Crippen molar-refractivity contribution >= 4 is 16.9 Å². The Labute approximate surface area is 119 Å². The monoisotopic (exact) mass is 281 g/mol. The Morgan fingerprint density at radius 1 is 1.29 bits per heavy atom. The summed E-state index contributed by atoms with van der Waals surface area (Å²) in [6.45, 7) is 1.30. The highest BCUT2D eigenvalue weighted by atomic mass is 16.5. The Hall–Kier alpha value is -3.02. The van der Waals surface area contributed by atoms with Gasteiger partial charge in [0.25, 0.3) is 5.56 Å². The number of benzene rings is 1. The topological polar surface area (TPSA) is 84.9 Å². The van der Waals surface area contributed by atoms with Crippen LogP contribution in [-0.4, -0.2) is 20.9 Å². The number of esters is 1. The SMILES string of the molecule is CC(=O)Oc1ccc2nc(-c3cccnc3)[nH]c(=O)c2c1. The van der Waals surface area contributed by atoms with Gasteiger partial charge in [-0.1, -0.05) is 0 Å². The highest BCUT2D eigenvalue weighted by Crippen LogP contribution is 2.19. The third-order valence-electron chi connectivity index (χ3n) is 2.87. The number of nitrogens with one attached hydrogen (secondary N) is 1. The van der Waals surface area contributed by atoms with E-state index in [1.807, 2.05) is 6.07 Å². The van der Waals surface area contributed by atoms with Crippen molar-refractivity contribution in [2.24, 2.45) is 0 Å². The number of rotatable bonds is 2. The van der Waals surface area contributed by atoms with Crippen LogP contribution >= 0.6 is 0 Å². The number of carbonyl (C=O) groups excluding carboxylic acids is 1. The lowest BCUT2D eigenvalue weighted by Gasteiger charge is -2.05. The highest BCUT2D eigenvalue weighted by Gasteiger charge is 2.08. The van der Waals surface area contributed by atoms with E-state index in [1.165, 1.54) is 13.0 Å². The molecule has 0 bridgehead atoms. The number of carbonyl (C=O) groups is 1. The molecule has 0 aliphatic carbocycles. The molecule has 0 spiro atoms. The first kappa shape index (κ1) is 13.0. The van der Waals surface area contributed by atoms with Gasteiger partial charge < -0.3 is 9.72 Å². The van der Waals surface area contributed by atoms with Gasteiger partial charge in [0.1, 0.15) is 11.6 Å². The van der Waals surface area contributed by atoms with Gasteiger partial charge in [-0.2, -0.15) is 0 Å². The number of hydrogen-bond acceptors (Lipinski definition) is 5. The standard InChI is InChI=1S/C15H11N3O3/c1-9(19)21-11-4-5-13-12(7-11)15(20)18-14(17-13)10-3-2-6-16-8-10/h2-8H,1H3,(H,17,18,20). The zero-order chi connectivity index (χ0) is 14.8. The third kappa shape index (κ3) is 2.64. The number of hydrogen-bond donors (Lipinski definition) is 1. The average Bonchev–Trinajstić information content (AvgIpc) is 2.48. The average molecular weight is 281 g/mol. The van der Waals surface area contributed by atoms with E-state index in [9.17, 15) is 9.59 Å². The number of fused-ring (bicyclic) bond motifs is 1. The van der Waals surface area contributed by atoms with Crippen LogP contribution in [0, 0.1) is 0 Å². The first-order valence-corrected chi connectivity index (χ1v) is 6.26. The van der Waals surface area contributed by atoms with E-state index in [0.717, 1.165) is 5.56 Å². The van der Waals surface area contributed by atoms with Crippen molar-refractivity contribution in [2.45, 2.75) is 6.92 Å². The fourth-order valence-corrected chi connectivity index (χ4v) is 1.99. The number of nitrogens with zero attached hydrogens (tertiary/aromatic N) is 2. The third-order valence-corrected chi connectivity index (χ3v) is 2.87. The van der Waals surface area contributed by atoms with E-state index in [4.69, 9.17) is 4.74 Å². The quantitative estimate of drug-likeness (QED) is 0.573. The van der Waals surface area contributed by atoms with Gasteiger partial charge in [0, 0.05) is 24.9 Å². The van der Waals surface area contributed by atoms with E-state index in [-0.39, 0.29) is 5.56 Å². The van der Waals surface area contributed by atoms with Crippen LogP contribution in [0.1, 0.15) is 6.92 Å². The summed E-state index contributed by atoms with van der Waals surface area (Å²) >= 11 is 0. The Morgan fingerprint density at radius 3 is 2.86 bits per heavy atom. The number of aromatic amines is 1. The molecule has 3 rings (SSSR count). The van der Waals surface area contributed by atoms with Gasteiger partial charge in [0.2, 0.25) is 0 Å². The van der Waals surface area contributed by atoms with Crippen molar-refractivity contribution in [2.75, 3.05) is 0 Å². The molecule has 6 nitrogen and oxygen atoms in total. The van der Waals surface area contributed by atoms with Crippen molar-refractivity contribution in [1.29, 1.82) is 0 Å². The molecule has 2 aromatic heterocycles. The van der Waals surface area contributed by atoms with Crippen molar-refractivity contribution < 1.29 is 9.53 Å². The second-order valence-corrected chi connectivity index (χ2v) is 4.43. The molecule has 104 valence electrons. The van der Waals surface area contributed by atoms with Gasteiger partial charge in [0.05, 0.1) is 10.9 Å². The van der Waals surface area contributed by atoms with E-state index < -0.39 is 5.97 Å². The van der Waals surface area contributed by atoms with E-state index >= 15 is 0 Å². The van der Waals surface area contributed by atoms with Crippen LogP contribution in [0.5, 0.6) is 5.75 Å². The molecule has 0 aliphatic rings. The molecule has 3 aromatic rings. The van der Waals surface area contributed by atoms with Crippen molar-refractivity contribution in [3.63, 3.8) is 0 Å². The summed E-state index contributed by atoms with van der Waals surface area (Å²) in [6.07, 6.45) is 3.27. The predicted molar refractivity (Wildman–Crippen MR) is 76.9 cm³/mol. The summed E-state index contributed by atoms with van der Waals surface area (Å²) in [5.41, 5.74) is 0.946. The van der Waals surface area contributed by atoms with Crippen molar-refractivity contribution in [3.05, 3.63) is 53.1 Å². The van der Waals surface area contributed by atoms with Gasteiger partial charge in [-0.05, 0) is 30.3 Å². The molecule has 0 amide bonds. The van der Waals surface area contributed by atoms with Crippen LogP contribution in [0.4, 0.5) is 0 Å². The lowest BCUT2D eigenvalue weighted by atomic mass is 10.2. The van der Waals surface area contributed by atoms with Crippen LogP contribution < -0.4 is 10.3 Å². The summed E-state index contributed by atoms with van der Waals surface area (Å²) in [5.74, 6) is 0.322. The fraction of sp³-hybridized carbons (Fsp3) is 0.0667. The molecule has 2 heterocycles. The molecule has 0 atom stereocenters. The number of ether oxygens (including phenoxy) is 1. The maximum Gasteiger partial charge on any atom is 0.308 e. The number of pyridine rings is 1. The van der Waals surface area contributed by atoms with Gasteiger partial charge in [0.15, 0.2) is 0 Å². The molecule has 1 aromatic carbocycles. The number of aromatic nitrogens is 3. The van der Waals surface area contributed by atoms with Gasteiger partial charge in [-0.3, -0.25) is 14.6 Å². The molecule has 0 saturated heterocycles. The Kier molecular flexibility index (Phi) is 3.19. The summed E-state index contributed by atoms with van der Waals surface area (Å²) in [4.78, 5) is 34.2. The zero-order valence-electron chi connectivity index (χ0n) is 11.2. The highest BCUT2D eigenvalue weighted by molar-refractivity contribution is 5.82. The molecule has 0 saturated carbocycles. The largest absolute Gasteiger partial charge is 0.427 e. The normalized spacial score (nSPS) is 10.5. The summed E-state index contributed by atoms with van der Waals surface area (Å²) in [5, 5.41) is 0.362. The van der Waals surface area contributed by atoms with Crippen LogP contribution in [0.3, 0.4) is 0 Å². The van der Waals surface area contributed by atoms with E-state index in [2.05, 4.69) is 15.0 Å². The minimum absolute atomic E-state index is 0.298. The predicted octanol–water partition coefficient (Wildman–Crippen LogP) is 1.91. The molecule has 0 aliphatic heterocycles. The van der Waals surface area contributed by atoms with Gasteiger partial charge in [-0.15, -0.1) is 0 Å². The van der Waals surface area contributed by atoms with Crippen LogP contribution in [0.25, 0.3) is 22.3 Å². The number of H-pyrrole nitrogens is 1. The smallest absolute Gasteiger partial charge is 0.308 e. The second kappa shape index (κ2) is 5.16. The molecule has 21 heavy (non-hydrogen) atoms. The molecule has 1 N–H and O–H groups in total. The molecular weight excluding hydrogens is 270 g/mol. The molecule has 0 radical (unpaired) electrons. The maximum absolute atomic E-state index is 12.2. The minimum Gasteiger partial charge on any atom is -0.427 e. The minimum atomic E-state index is -0.439. The summed E-state index contributed by atoms with van der Waals surface area (Å²) in [6, 6.07) is 8.31. The molecule has 6 heteroatoms. The Bertz CT molecular complexity index is 872. The second-order valence-electron chi connectivity index (χ2n) is 4.43. The van der Waals surface area contributed by atoms with E-state index in [1.54, 1.807) is 30.6 Å². The summed E-state index contributed by atoms with van der Waals surface area (Å²) in [7, 11) is 0. The van der Waals surface area contributed by atoms with Crippen LogP contribution in [0.15, 0.2) is 47.5 Å². The molecule has 0 fully saturated rings. The lowest BCUT2D eigenvalue weighted by Crippen LogP contribution is -2.10. The first-order valence-electron chi connectivity index (χ1n) is 6.26. The first-order chi connectivity index (χ1) is 10.1. The van der Waals surface area contributed by atoms with Crippen molar-refractivity contribution in [1.82, 2.24) is 15.0 Å². The van der Waals surface area contributed by atoms with Crippen molar-refractivity contribution in [3.8, 4) is 17.1 Å². The lowest BCUT2D eigenvalue weighted by molar-refractivity contribution is -0.131. The van der Waals surface area contributed by atoms with E-state index in [0.29, 0.717) is 22.5 Å². The summed E-state index contributed by atoms with van der Waals surface area (Å²) < 4.78 is 4.96. The Balaban J connectivity index is 2.14. The fourth-order valence-electron chi connectivity index (χ4n) is 1.99. The van der Waals surface area contributed by atoms with Crippen LogP contribution in [-0.2, 0) is 4.79 Å². The molecular formula is C15H11N3O3. The molecule has 0 unspecified atom stereocenters. The zero-order valence-corrected chi connectivity index (χ0v) is 11.2. The maximum atomic E-state index is 12.2. The Morgan fingerprint density at radius 2 is 2.14 bits per heavy atom. The van der Waals surface area contributed by atoms with Crippen LogP contribution in [0.2, 0.25) is 0 Å². The van der Waals surface area contributed by atoms with Gasteiger partial charge in [-0.25, -0.2) is 4.98 Å².